The molecule has 0 amide bonds. The summed E-state index contributed by atoms with van der Waals surface area (Å²) in [5.74, 6) is 1.53. The molecule has 31 heavy (non-hydrogen) atoms. The Morgan fingerprint density at radius 1 is 0.903 bits per heavy atom. The van der Waals surface area contributed by atoms with Crippen molar-refractivity contribution in [2.45, 2.75) is 38.0 Å². The van der Waals surface area contributed by atoms with E-state index in [9.17, 15) is 10.2 Å². The molecule has 0 aliphatic heterocycles. The van der Waals surface area contributed by atoms with Gasteiger partial charge >= 0.3 is 0 Å². The van der Waals surface area contributed by atoms with Crippen LogP contribution in [0.3, 0.4) is 0 Å². The highest BCUT2D eigenvalue weighted by Gasteiger charge is 2.23. The van der Waals surface area contributed by atoms with E-state index in [-0.39, 0.29) is 24.5 Å². The van der Waals surface area contributed by atoms with Crippen LogP contribution in [0.1, 0.15) is 25.0 Å². The lowest BCUT2D eigenvalue weighted by atomic mass is 9.78. The Balaban J connectivity index is 1.57. The lowest BCUT2D eigenvalue weighted by Gasteiger charge is -2.26. The summed E-state index contributed by atoms with van der Waals surface area (Å²) >= 11 is 5.59. The third kappa shape index (κ3) is 6.43. The molecule has 0 unspecified atom stereocenters. The van der Waals surface area contributed by atoms with Crippen LogP contribution in [0.5, 0.6) is 11.5 Å². The molecule has 2 atom stereocenters. The quantitative estimate of drug-likeness (QED) is 0.441. The van der Waals surface area contributed by atoms with Crippen molar-refractivity contribution >= 4 is 11.6 Å². The van der Waals surface area contributed by atoms with Crippen LogP contribution in [0.2, 0.25) is 0 Å². The predicted molar refractivity (Wildman–Crippen MR) is 119 cm³/mol. The van der Waals surface area contributed by atoms with Gasteiger partial charge in [-0.2, -0.15) is 0 Å². The summed E-state index contributed by atoms with van der Waals surface area (Å²) in [6, 6.07) is 15.7. The van der Waals surface area contributed by atoms with E-state index >= 15 is 0 Å². The fourth-order valence-corrected chi connectivity index (χ4v) is 3.22. The number of hydrogen-bond donors (Lipinski definition) is 2. The van der Waals surface area contributed by atoms with Crippen molar-refractivity contribution in [1.29, 1.82) is 0 Å². The van der Waals surface area contributed by atoms with Crippen LogP contribution in [-0.4, -0.2) is 56.5 Å². The Labute approximate surface area is 187 Å². The Bertz CT molecular complexity index is 915. The van der Waals surface area contributed by atoms with Crippen molar-refractivity contribution in [2.24, 2.45) is 0 Å². The maximum atomic E-state index is 10.1. The zero-order valence-electron chi connectivity index (χ0n) is 17.7. The summed E-state index contributed by atoms with van der Waals surface area (Å²) in [6.07, 6.45) is 1.91. The Hall–Kier alpha value is -2.61. The molecule has 3 aromatic rings. The van der Waals surface area contributed by atoms with Gasteiger partial charge in [-0.3, -0.25) is 0 Å². The third-order valence-electron chi connectivity index (χ3n) is 5.08. The van der Waals surface area contributed by atoms with Crippen LogP contribution in [0, 0.1) is 0 Å². The zero-order chi connectivity index (χ0) is 22.3. The van der Waals surface area contributed by atoms with Gasteiger partial charge < -0.3 is 19.7 Å². The fraction of sp³-hybridized carbons (Fsp3) is 0.391. The van der Waals surface area contributed by atoms with E-state index in [1.165, 1.54) is 0 Å². The van der Waals surface area contributed by atoms with E-state index < -0.39 is 12.2 Å². The lowest BCUT2D eigenvalue weighted by molar-refractivity contribution is 0.0888. The molecule has 0 saturated heterocycles. The number of halogens is 1. The highest BCUT2D eigenvalue weighted by atomic mass is 35.5. The summed E-state index contributed by atoms with van der Waals surface area (Å²) < 4.78 is 12.8. The standard InChI is InChI=1S/C23H28ClN3O4/c1-23(2,17-3-7-21(8-4-17)30-15-19(28)13-24)18-5-9-22(10-6-18)31-16-20(29)14-27-12-11-25-26-27/h3-12,19-20,28-29H,13-16H2,1-2H3/t19-,20+/m0/s1. The number of nitrogens with zero attached hydrogens (tertiary/aromatic N) is 3. The highest BCUT2D eigenvalue weighted by molar-refractivity contribution is 6.18. The van der Waals surface area contributed by atoms with Crippen LogP contribution in [0.25, 0.3) is 0 Å². The van der Waals surface area contributed by atoms with Crippen molar-refractivity contribution in [1.82, 2.24) is 15.0 Å². The summed E-state index contributed by atoms with van der Waals surface area (Å²) in [7, 11) is 0. The first-order valence-corrected chi connectivity index (χ1v) is 10.6. The summed E-state index contributed by atoms with van der Waals surface area (Å²) in [6.45, 7) is 4.97. The second-order valence-electron chi connectivity index (χ2n) is 7.88. The molecule has 2 aromatic carbocycles. The molecule has 7 nitrogen and oxygen atoms in total. The molecule has 8 heteroatoms. The van der Waals surface area contributed by atoms with Gasteiger partial charge in [-0.25, -0.2) is 4.68 Å². The van der Waals surface area contributed by atoms with Gasteiger partial charge in [-0.05, 0) is 35.4 Å². The largest absolute Gasteiger partial charge is 0.491 e. The molecule has 0 aliphatic carbocycles. The Kier molecular flexibility index (Phi) is 7.90. The molecule has 0 fully saturated rings. The molecule has 2 N–H and O–H groups in total. The van der Waals surface area contributed by atoms with Gasteiger partial charge in [-0.1, -0.05) is 43.3 Å². The minimum absolute atomic E-state index is 0.144. The average Bonchev–Trinajstić information content (AvgIpc) is 3.29. The summed E-state index contributed by atoms with van der Waals surface area (Å²) in [5.41, 5.74) is 2.04. The van der Waals surface area contributed by atoms with Gasteiger partial charge in [0.2, 0.25) is 0 Å². The number of aliphatic hydroxyl groups excluding tert-OH is 2. The predicted octanol–water partition coefficient (Wildman–Crippen LogP) is 3.02. The highest BCUT2D eigenvalue weighted by Crippen LogP contribution is 2.33. The van der Waals surface area contributed by atoms with E-state index in [0.717, 1.165) is 11.1 Å². The van der Waals surface area contributed by atoms with Gasteiger partial charge in [0.05, 0.1) is 18.6 Å². The van der Waals surface area contributed by atoms with Crippen molar-refractivity contribution in [2.75, 3.05) is 19.1 Å². The van der Waals surface area contributed by atoms with Crippen LogP contribution in [0.15, 0.2) is 60.9 Å². The maximum absolute atomic E-state index is 10.1. The third-order valence-corrected chi connectivity index (χ3v) is 5.44. The molecule has 0 saturated carbocycles. The molecule has 0 bridgehead atoms. The van der Waals surface area contributed by atoms with Gasteiger partial charge in [0.1, 0.15) is 36.9 Å². The smallest absolute Gasteiger partial charge is 0.119 e. The first-order valence-electron chi connectivity index (χ1n) is 10.1. The minimum atomic E-state index is -0.679. The lowest BCUT2D eigenvalue weighted by Crippen LogP contribution is -2.24. The van der Waals surface area contributed by atoms with Crippen molar-refractivity contribution in [3.8, 4) is 11.5 Å². The van der Waals surface area contributed by atoms with Crippen LogP contribution in [0.4, 0.5) is 0 Å². The second-order valence-corrected chi connectivity index (χ2v) is 8.19. The number of hydrogen-bond acceptors (Lipinski definition) is 6. The van der Waals surface area contributed by atoms with Crippen molar-refractivity contribution in [3.05, 3.63) is 72.1 Å². The van der Waals surface area contributed by atoms with Crippen LogP contribution >= 0.6 is 11.6 Å². The number of rotatable bonds is 11. The summed E-state index contributed by atoms with van der Waals surface area (Å²) in [4.78, 5) is 0. The number of aromatic nitrogens is 3. The van der Waals surface area contributed by atoms with E-state index in [0.29, 0.717) is 18.0 Å². The van der Waals surface area contributed by atoms with Crippen molar-refractivity contribution < 1.29 is 19.7 Å². The molecule has 0 aliphatic rings. The minimum Gasteiger partial charge on any atom is -0.491 e. The normalized spacial score (nSPS) is 13.6. The number of ether oxygens (including phenoxy) is 2. The fourth-order valence-electron chi connectivity index (χ4n) is 3.13. The molecule has 0 radical (unpaired) electrons. The molecular formula is C23H28ClN3O4. The molecule has 1 aromatic heterocycles. The molecule has 3 rings (SSSR count). The topological polar surface area (TPSA) is 89.6 Å². The first kappa shape index (κ1) is 23.1. The second kappa shape index (κ2) is 10.6. The zero-order valence-corrected chi connectivity index (χ0v) is 18.4. The number of aliphatic hydroxyl groups is 2. The Morgan fingerprint density at radius 3 is 1.87 bits per heavy atom. The first-order chi connectivity index (χ1) is 14.9. The van der Waals surface area contributed by atoms with E-state index in [1.54, 1.807) is 17.1 Å². The number of benzene rings is 2. The average molecular weight is 446 g/mol. The van der Waals surface area contributed by atoms with Crippen LogP contribution in [-0.2, 0) is 12.0 Å². The molecular weight excluding hydrogens is 418 g/mol. The van der Waals surface area contributed by atoms with Gasteiger partial charge in [0.25, 0.3) is 0 Å². The molecule has 1 heterocycles. The van der Waals surface area contributed by atoms with Gasteiger partial charge in [-0.15, -0.1) is 16.7 Å². The Morgan fingerprint density at radius 2 is 1.42 bits per heavy atom. The van der Waals surface area contributed by atoms with E-state index in [4.69, 9.17) is 21.1 Å². The molecule has 166 valence electrons. The van der Waals surface area contributed by atoms with Gasteiger partial charge in [0.15, 0.2) is 0 Å². The SMILES string of the molecule is CC(C)(c1ccc(OC[C@@H](O)CCl)cc1)c1ccc(OC[C@H](O)Cn2ccnn2)cc1. The van der Waals surface area contributed by atoms with Crippen molar-refractivity contribution in [3.63, 3.8) is 0 Å². The monoisotopic (exact) mass is 445 g/mol. The van der Waals surface area contributed by atoms with E-state index in [2.05, 4.69) is 24.2 Å². The molecule has 0 spiro atoms. The number of alkyl halides is 1. The summed E-state index contributed by atoms with van der Waals surface area (Å²) in [5, 5.41) is 27.1. The maximum Gasteiger partial charge on any atom is 0.119 e. The van der Waals surface area contributed by atoms with Crippen LogP contribution < -0.4 is 9.47 Å². The van der Waals surface area contributed by atoms with E-state index in [1.807, 2.05) is 48.5 Å². The van der Waals surface area contributed by atoms with Gasteiger partial charge in [0, 0.05) is 11.6 Å².